The highest BCUT2D eigenvalue weighted by atomic mass is 79.9. The van der Waals surface area contributed by atoms with E-state index in [2.05, 4.69) is 27.3 Å². The van der Waals surface area contributed by atoms with Crippen LogP contribution in [0.4, 0.5) is 0 Å². The molecule has 2 nitrogen and oxygen atoms in total. The van der Waals surface area contributed by atoms with Gasteiger partial charge in [-0.15, -0.1) is 0 Å². The van der Waals surface area contributed by atoms with Gasteiger partial charge in [0.25, 0.3) is 0 Å². The molecule has 0 amide bonds. The van der Waals surface area contributed by atoms with Crippen LogP contribution in [0, 0.1) is 0 Å². The molecule has 1 fully saturated rings. The van der Waals surface area contributed by atoms with Gasteiger partial charge < -0.3 is 10.1 Å². The van der Waals surface area contributed by atoms with Gasteiger partial charge in [0.1, 0.15) is 0 Å². The third-order valence-corrected chi connectivity index (χ3v) is 5.06. The average Bonchev–Trinajstić information content (AvgIpc) is 2.92. The summed E-state index contributed by atoms with van der Waals surface area (Å²) < 4.78 is 6.63. The lowest BCUT2D eigenvalue weighted by Gasteiger charge is -2.19. The molecule has 0 saturated carbocycles. The Bertz CT molecular complexity index is 407. The van der Waals surface area contributed by atoms with Gasteiger partial charge in [0.2, 0.25) is 0 Å². The lowest BCUT2D eigenvalue weighted by molar-refractivity contribution is 0.101. The third kappa shape index (κ3) is 4.19. The average molecular weight is 347 g/mol. The molecule has 1 heterocycles. The Morgan fingerprint density at radius 3 is 3.05 bits per heavy atom. The van der Waals surface area contributed by atoms with E-state index in [0.29, 0.717) is 12.1 Å². The van der Waals surface area contributed by atoms with Gasteiger partial charge in [0.15, 0.2) is 0 Å². The molecule has 2 rings (SSSR count). The summed E-state index contributed by atoms with van der Waals surface area (Å²) >= 11 is 9.85. The van der Waals surface area contributed by atoms with Crippen molar-refractivity contribution in [2.75, 3.05) is 13.7 Å². The van der Waals surface area contributed by atoms with Crippen LogP contribution in [0.2, 0.25) is 5.02 Å². The molecular weight excluding hydrogens is 326 g/mol. The molecule has 1 aliphatic heterocycles. The van der Waals surface area contributed by atoms with Gasteiger partial charge in [-0.25, -0.2) is 0 Å². The zero-order chi connectivity index (χ0) is 13.7. The fraction of sp³-hybridized carbons (Fsp3) is 0.600. The van der Waals surface area contributed by atoms with Gasteiger partial charge in [-0.2, -0.15) is 0 Å². The lowest BCUT2D eigenvalue weighted by atomic mass is 9.99. The van der Waals surface area contributed by atoms with Crippen LogP contribution in [-0.2, 0) is 4.74 Å². The van der Waals surface area contributed by atoms with E-state index >= 15 is 0 Å². The Labute approximate surface area is 129 Å². The summed E-state index contributed by atoms with van der Waals surface area (Å²) in [5, 5.41) is 4.18. The van der Waals surface area contributed by atoms with Gasteiger partial charge in [-0.1, -0.05) is 23.7 Å². The topological polar surface area (TPSA) is 21.3 Å². The van der Waals surface area contributed by atoms with Crippen LogP contribution in [0.3, 0.4) is 0 Å². The molecule has 4 heteroatoms. The Balaban J connectivity index is 1.90. The molecule has 0 aromatic heterocycles. The van der Waals surface area contributed by atoms with Crippen molar-refractivity contribution in [1.29, 1.82) is 0 Å². The molecule has 2 unspecified atom stereocenters. The Morgan fingerprint density at radius 1 is 1.53 bits per heavy atom. The van der Waals surface area contributed by atoms with Gasteiger partial charge in [0.05, 0.1) is 11.1 Å². The zero-order valence-corrected chi connectivity index (χ0v) is 13.6. The quantitative estimate of drug-likeness (QED) is 0.805. The smallest absolute Gasteiger partial charge is 0.0595 e. The fourth-order valence-corrected chi connectivity index (χ4v) is 3.31. The molecular formula is C15H21BrClNO. The van der Waals surface area contributed by atoms with Crippen molar-refractivity contribution >= 4 is 27.5 Å². The minimum atomic E-state index is 0.311. The summed E-state index contributed by atoms with van der Waals surface area (Å²) in [5.41, 5.74) is 1.17. The first-order chi connectivity index (χ1) is 9.22. The molecule has 1 saturated heterocycles. The number of halogens is 2. The van der Waals surface area contributed by atoms with E-state index < -0.39 is 0 Å². The number of benzene rings is 1. The SMILES string of the molecule is CNC(CCCC1CCCO1)c1cccc(Br)c1Cl. The van der Waals surface area contributed by atoms with Crippen molar-refractivity contribution < 1.29 is 4.74 Å². The van der Waals surface area contributed by atoms with Crippen molar-refractivity contribution in [2.45, 2.75) is 44.2 Å². The van der Waals surface area contributed by atoms with Crippen LogP contribution in [0.1, 0.15) is 43.7 Å². The van der Waals surface area contributed by atoms with E-state index in [9.17, 15) is 0 Å². The molecule has 0 aliphatic carbocycles. The zero-order valence-electron chi connectivity index (χ0n) is 11.3. The molecule has 0 spiro atoms. The highest BCUT2D eigenvalue weighted by molar-refractivity contribution is 9.10. The first-order valence-electron chi connectivity index (χ1n) is 6.95. The fourth-order valence-electron chi connectivity index (χ4n) is 2.67. The van der Waals surface area contributed by atoms with Crippen LogP contribution < -0.4 is 5.32 Å². The molecule has 1 aromatic rings. The van der Waals surface area contributed by atoms with Crippen LogP contribution in [0.15, 0.2) is 22.7 Å². The van der Waals surface area contributed by atoms with Crippen molar-refractivity contribution in [3.05, 3.63) is 33.3 Å². The Morgan fingerprint density at radius 2 is 2.37 bits per heavy atom. The molecule has 1 aliphatic rings. The second kappa shape index (κ2) is 7.63. The molecule has 1 aromatic carbocycles. The maximum Gasteiger partial charge on any atom is 0.0595 e. The maximum absolute atomic E-state index is 6.36. The molecule has 0 radical (unpaired) electrons. The van der Waals surface area contributed by atoms with Gasteiger partial charge in [0, 0.05) is 17.1 Å². The van der Waals surface area contributed by atoms with E-state index in [-0.39, 0.29) is 0 Å². The Kier molecular flexibility index (Phi) is 6.14. The van der Waals surface area contributed by atoms with Crippen molar-refractivity contribution in [2.24, 2.45) is 0 Å². The monoisotopic (exact) mass is 345 g/mol. The maximum atomic E-state index is 6.36. The van der Waals surface area contributed by atoms with Gasteiger partial charge >= 0.3 is 0 Å². The largest absolute Gasteiger partial charge is 0.378 e. The predicted molar refractivity (Wildman–Crippen MR) is 83.8 cm³/mol. The van der Waals surface area contributed by atoms with Crippen LogP contribution in [-0.4, -0.2) is 19.8 Å². The predicted octanol–water partition coefficient (Wildman–Crippen LogP) is 4.71. The molecule has 19 heavy (non-hydrogen) atoms. The minimum Gasteiger partial charge on any atom is -0.378 e. The van der Waals surface area contributed by atoms with Gasteiger partial charge in [-0.3, -0.25) is 0 Å². The second-order valence-corrected chi connectivity index (χ2v) is 6.28. The second-order valence-electron chi connectivity index (χ2n) is 5.05. The lowest BCUT2D eigenvalue weighted by Crippen LogP contribution is -2.17. The van der Waals surface area contributed by atoms with Crippen molar-refractivity contribution in [3.63, 3.8) is 0 Å². The molecule has 1 N–H and O–H groups in total. The number of rotatable bonds is 6. The van der Waals surface area contributed by atoms with Gasteiger partial charge in [-0.05, 0) is 66.7 Å². The molecule has 2 atom stereocenters. The summed E-state index contributed by atoms with van der Waals surface area (Å²) in [5.74, 6) is 0. The van der Waals surface area contributed by atoms with Crippen LogP contribution in [0.5, 0.6) is 0 Å². The molecule has 106 valence electrons. The van der Waals surface area contributed by atoms with E-state index in [1.807, 2.05) is 19.2 Å². The van der Waals surface area contributed by atoms with Crippen LogP contribution in [0.25, 0.3) is 0 Å². The van der Waals surface area contributed by atoms with Crippen LogP contribution >= 0.6 is 27.5 Å². The van der Waals surface area contributed by atoms with E-state index in [4.69, 9.17) is 16.3 Å². The van der Waals surface area contributed by atoms with E-state index in [1.165, 1.54) is 24.8 Å². The number of hydrogen-bond acceptors (Lipinski definition) is 2. The number of nitrogens with one attached hydrogen (secondary N) is 1. The summed E-state index contributed by atoms with van der Waals surface area (Å²) in [6.45, 7) is 0.942. The van der Waals surface area contributed by atoms with Crippen molar-refractivity contribution in [1.82, 2.24) is 5.32 Å². The highest BCUT2D eigenvalue weighted by Gasteiger charge is 2.18. The summed E-state index contributed by atoms with van der Waals surface area (Å²) in [4.78, 5) is 0. The third-order valence-electron chi connectivity index (χ3n) is 3.75. The van der Waals surface area contributed by atoms with Crippen molar-refractivity contribution in [3.8, 4) is 0 Å². The summed E-state index contributed by atoms with van der Waals surface area (Å²) in [7, 11) is 1.99. The number of ether oxygens (including phenoxy) is 1. The normalized spacial score (nSPS) is 20.7. The first-order valence-corrected chi connectivity index (χ1v) is 8.12. The standard InChI is InChI=1S/C15H21BrClNO/c1-18-14(9-2-5-11-6-4-10-19-11)12-7-3-8-13(16)15(12)17/h3,7-8,11,14,18H,2,4-6,9-10H2,1H3. The highest BCUT2D eigenvalue weighted by Crippen LogP contribution is 2.32. The summed E-state index contributed by atoms with van der Waals surface area (Å²) in [6.07, 6.45) is 6.34. The number of hydrogen-bond donors (Lipinski definition) is 1. The molecule has 0 bridgehead atoms. The minimum absolute atomic E-state index is 0.311. The summed E-state index contributed by atoms with van der Waals surface area (Å²) in [6, 6.07) is 6.42. The van der Waals surface area contributed by atoms with E-state index in [1.54, 1.807) is 0 Å². The Hall–Kier alpha value is -0.0900. The first kappa shape index (κ1) is 15.3. The van der Waals surface area contributed by atoms with E-state index in [0.717, 1.165) is 28.9 Å².